The van der Waals surface area contributed by atoms with Crippen LogP contribution in [0.2, 0.25) is 0 Å². The Labute approximate surface area is 158 Å². The van der Waals surface area contributed by atoms with Crippen molar-refractivity contribution in [3.63, 3.8) is 0 Å². The van der Waals surface area contributed by atoms with Crippen LogP contribution in [-0.2, 0) is 7.05 Å². The summed E-state index contributed by atoms with van der Waals surface area (Å²) in [4.78, 5) is 19.3. The molecule has 140 valence electrons. The SMILES string of the molecule is Cc1cc(C(=O)NC2CCN(c3nccn3C)CC2)ccc1-n1cccn1. The molecule has 1 aromatic carbocycles. The fraction of sp³-hybridized carbons (Fsp3) is 0.350. The number of rotatable bonds is 4. The van der Waals surface area contributed by atoms with E-state index in [1.54, 1.807) is 6.20 Å². The van der Waals surface area contributed by atoms with Crippen molar-refractivity contribution in [2.45, 2.75) is 25.8 Å². The van der Waals surface area contributed by atoms with E-state index in [0.29, 0.717) is 5.56 Å². The lowest BCUT2D eigenvalue weighted by molar-refractivity contribution is 0.0931. The highest BCUT2D eigenvalue weighted by Crippen LogP contribution is 2.19. The van der Waals surface area contributed by atoms with E-state index in [4.69, 9.17) is 0 Å². The van der Waals surface area contributed by atoms with Crippen LogP contribution in [0, 0.1) is 6.92 Å². The quantitative estimate of drug-likeness (QED) is 0.771. The maximum absolute atomic E-state index is 12.7. The Kier molecular flexibility index (Phi) is 4.66. The maximum Gasteiger partial charge on any atom is 0.251 e. The summed E-state index contributed by atoms with van der Waals surface area (Å²) in [6.45, 7) is 3.79. The van der Waals surface area contributed by atoms with Crippen LogP contribution in [0.3, 0.4) is 0 Å². The molecule has 0 unspecified atom stereocenters. The van der Waals surface area contributed by atoms with Gasteiger partial charge in [-0.25, -0.2) is 9.67 Å². The van der Waals surface area contributed by atoms with E-state index in [1.165, 1.54) is 0 Å². The fourth-order valence-electron chi connectivity index (χ4n) is 3.62. The standard InChI is InChI=1S/C20H24N6O/c1-15-14-16(4-5-18(15)26-10-3-8-22-26)19(27)23-17-6-11-25(12-7-17)20-21-9-13-24(20)2/h3-5,8-10,13-14,17H,6-7,11-12H2,1-2H3,(H,23,27). The molecular weight excluding hydrogens is 340 g/mol. The number of nitrogens with one attached hydrogen (secondary N) is 1. The lowest BCUT2D eigenvalue weighted by Gasteiger charge is -2.33. The van der Waals surface area contributed by atoms with Gasteiger partial charge in [0.2, 0.25) is 5.95 Å². The molecule has 7 nitrogen and oxygen atoms in total. The average molecular weight is 364 g/mol. The molecule has 4 rings (SSSR count). The van der Waals surface area contributed by atoms with E-state index >= 15 is 0 Å². The van der Waals surface area contributed by atoms with Crippen LogP contribution in [0.25, 0.3) is 5.69 Å². The number of amides is 1. The van der Waals surface area contributed by atoms with Gasteiger partial charge in [0.15, 0.2) is 0 Å². The zero-order chi connectivity index (χ0) is 18.8. The monoisotopic (exact) mass is 364 g/mol. The van der Waals surface area contributed by atoms with Crippen molar-refractivity contribution in [1.82, 2.24) is 24.6 Å². The molecule has 1 aliphatic rings. The van der Waals surface area contributed by atoms with Crippen molar-refractivity contribution in [2.24, 2.45) is 7.05 Å². The third-order valence-electron chi connectivity index (χ3n) is 5.12. The van der Waals surface area contributed by atoms with Gasteiger partial charge in [-0.05, 0) is 49.6 Å². The smallest absolute Gasteiger partial charge is 0.251 e. The summed E-state index contributed by atoms with van der Waals surface area (Å²) in [6, 6.07) is 7.82. The summed E-state index contributed by atoms with van der Waals surface area (Å²) in [6.07, 6.45) is 9.26. The Morgan fingerprint density at radius 3 is 2.63 bits per heavy atom. The number of carbonyl (C=O) groups excluding carboxylic acids is 1. The number of hydrogen-bond acceptors (Lipinski definition) is 4. The number of aromatic nitrogens is 4. The largest absolute Gasteiger partial charge is 0.349 e. The normalized spacial score (nSPS) is 15.1. The lowest BCUT2D eigenvalue weighted by Crippen LogP contribution is -2.45. The maximum atomic E-state index is 12.7. The second-order valence-electron chi connectivity index (χ2n) is 7.02. The van der Waals surface area contributed by atoms with Gasteiger partial charge >= 0.3 is 0 Å². The van der Waals surface area contributed by atoms with Gasteiger partial charge in [0.05, 0.1) is 5.69 Å². The third kappa shape index (κ3) is 3.58. The molecule has 3 heterocycles. The number of benzene rings is 1. The van der Waals surface area contributed by atoms with Crippen LogP contribution in [0.1, 0.15) is 28.8 Å². The van der Waals surface area contributed by atoms with E-state index in [9.17, 15) is 4.79 Å². The van der Waals surface area contributed by atoms with Crippen LogP contribution >= 0.6 is 0 Å². The number of imidazole rings is 1. The molecule has 2 aromatic heterocycles. The number of hydrogen-bond donors (Lipinski definition) is 1. The van der Waals surface area contributed by atoms with Crippen LogP contribution in [-0.4, -0.2) is 44.4 Å². The van der Waals surface area contributed by atoms with Gasteiger partial charge in [-0.15, -0.1) is 0 Å². The second kappa shape index (κ2) is 7.26. The lowest BCUT2D eigenvalue weighted by atomic mass is 10.0. The van der Waals surface area contributed by atoms with Gasteiger partial charge in [0.25, 0.3) is 5.91 Å². The molecule has 0 saturated carbocycles. The van der Waals surface area contributed by atoms with Crippen LogP contribution in [0.5, 0.6) is 0 Å². The molecule has 7 heteroatoms. The van der Waals surface area contributed by atoms with E-state index in [1.807, 2.05) is 66.1 Å². The topological polar surface area (TPSA) is 68.0 Å². The highest BCUT2D eigenvalue weighted by Gasteiger charge is 2.23. The van der Waals surface area contributed by atoms with Crippen molar-refractivity contribution in [3.05, 3.63) is 60.2 Å². The van der Waals surface area contributed by atoms with Crippen molar-refractivity contribution >= 4 is 11.9 Å². The predicted octanol–water partition coefficient (Wildman–Crippen LogP) is 2.31. The molecule has 1 fully saturated rings. The predicted molar refractivity (Wildman–Crippen MR) is 104 cm³/mol. The zero-order valence-electron chi connectivity index (χ0n) is 15.7. The van der Waals surface area contributed by atoms with Crippen molar-refractivity contribution < 1.29 is 4.79 Å². The Morgan fingerprint density at radius 2 is 2.00 bits per heavy atom. The van der Waals surface area contributed by atoms with Gasteiger partial charge < -0.3 is 14.8 Å². The minimum Gasteiger partial charge on any atom is -0.349 e. The van der Waals surface area contributed by atoms with E-state index < -0.39 is 0 Å². The molecule has 3 aromatic rings. The van der Waals surface area contributed by atoms with Gasteiger partial charge in [0.1, 0.15) is 0 Å². The molecule has 1 N–H and O–H groups in total. The van der Waals surface area contributed by atoms with Gasteiger partial charge in [0, 0.05) is 56.5 Å². The molecule has 1 aliphatic heterocycles. The number of anilines is 1. The molecular formula is C20H24N6O. The molecule has 0 bridgehead atoms. The van der Waals surface area contributed by atoms with Crippen molar-refractivity contribution in [2.75, 3.05) is 18.0 Å². The first-order valence-electron chi connectivity index (χ1n) is 9.25. The first-order valence-corrected chi connectivity index (χ1v) is 9.25. The Bertz CT molecular complexity index is 922. The molecule has 0 aliphatic carbocycles. The number of carbonyl (C=O) groups is 1. The van der Waals surface area contributed by atoms with Crippen molar-refractivity contribution in [1.29, 1.82) is 0 Å². The zero-order valence-corrected chi connectivity index (χ0v) is 15.7. The molecule has 0 atom stereocenters. The van der Waals surface area contributed by atoms with Gasteiger partial charge in [-0.3, -0.25) is 4.79 Å². The summed E-state index contributed by atoms with van der Waals surface area (Å²) in [5.74, 6) is 0.977. The first kappa shape index (κ1) is 17.3. The Balaban J connectivity index is 1.37. The average Bonchev–Trinajstić information content (AvgIpc) is 3.34. The fourth-order valence-corrected chi connectivity index (χ4v) is 3.62. The Morgan fingerprint density at radius 1 is 1.19 bits per heavy atom. The summed E-state index contributed by atoms with van der Waals surface area (Å²) < 4.78 is 3.84. The summed E-state index contributed by atoms with van der Waals surface area (Å²) in [5.41, 5.74) is 2.70. The summed E-state index contributed by atoms with van der Waals surface area (Å²) in [7, 11) is 2.01. The molecule has 27 heavy (non-hydrogen) atoms. The van der Waals surface area contributed by atoms with Crippen LogP contribution in [0.4, 0.5) is 5.95 Å². The highest BCUT2D eigenvalue weighted by atomic mass is 16.1. The van der Waals surface area contributed by atoms with Crippen LogP contribution in [0.15, 0.2) is 49.1 Å². The van der Waals surface area contributed by atoms with Crippen molar-refractivity contribution in [3.8, 4) is 5.69 Å². The highest BCUT2D eigenvalue weighted by molar-refractivity contribution is 5.94. The Hall–Kier alpha value is -3.09. The van der Waals surface area contributed by atoms with Gasteiger partial charge in [-0.1, -0.05) is 0 Å². The number of piperidine rings is 1. The van der Waals surface area contributed by atoms with E-state index in [0.717, 1.165) is 43.1 Å². The minimum absolute atomic E-state index is 0.0134. The minimum atomic E-state index is -0.0134. The number of aryl methyl sites for hydroxylation is 2. The third-order valence-corrected chi connectivity index (χ3v) is 5.12. The van der Waals surface area contributed by atoms with Gasteiger partial charge in [-0.2, -0.15) is 5.10 Å². The first-order chi connectivity index (χ1) is 13.1. The molecule has 0 radical (unpaired) electrons. The molecule has 1 saturated heterocycles. The van der Waals surface area contributed by atoms with E-state index in [-0.39, 0.29) is 11.9 Å². The number of nitrogens with zero attached hydrogens (tertiary/aromatic N) is 5. The van der Waals surface area contributed by atoms with Crippen LogP contribution < -0.4 is 10.2 Å². The molecule has 1 amide bonds. The summed E-state index contributed by atoms with van der Waals surface area (Å²) in [5, 5.41) is 7.44. The van der Waals surface area contributed by atoms with E-state index in [2.05, 4.69) is 20.3 Å². The molecule has 0 spiro atoms. The summed E-state index contributed by atoms with van der Waals surface area (Å²) >= 11 is 0. The second-order valence-corrected chi connectivity index (χ2v) is 7.02.